The standard InChI is InChI=1S/C19H26N4O3S2.H2O.2H2/c1-15(2)3-8-18(24)23-12-10-22(11-13-23)16-4-6-17(7-5-16)28(25,26)21-19-20-9-14-27-19;;;/h4-7,9,14-15H,3,8,10-13H2,1-2H3,(H,20,21);1H2;2*1H. The van der Waals surface area contributed by atoms with Crippen molar-refractivity contribution in [1.29, 1.82) is 0 Å². The molecule has 0 saturated carbocycles. The molecule has 0 radical (unpaired) electrons. The van der Waals surface area contributed by atoms with Crippen LogP contribution in [-0.4, -0.2) is 55.9 Å². The van der Waals surface area contributed by atoms with E-state index in [4.69, 9.17) is 0 Å². The lowest BCUT2D eigenvalue weighted by atomic mass is 10.1. The summed E-state index contributed by atoms with van der Waals surface area (Å²) in [5.74, 6) is 0.758. The van der Waals surface area contributed by atoms with Gasteiger partial charge in [0.25, 0.3) is 10.0 Å². The number of rotatable bonds is 7. The third-order valence-corrected chi connectivity index (χ3v) is 6.91. The van der Waals surface area contributed by atoms with Gasteiger partial charge >= 0.3 is 0 Å². The van der Waals surface area contributed by atoms with Crippen LogP contribution >= 0.6 is 11.3 Å². The number of hydrogen-bond acceptors (Lipinski definition) is 6. The Kier molecular flexibility index (Phi) is 8.00. The minimum Gasteiger partial charge on any atom is -0.412 e. The third-order valence-electron chi connectivity index (χ3n) is 4.73. The highest BCUT2D eigenvalue weighted by Gasteiger charge is 2.22. The van der Waals surface area contributed by atoms with Crippen molar-refractivity contribution in [3.63, 3.8) is 0 Å². The molecule has 2 aromatic rings. The molecule has 1 fully saturated rings. The lowest BCUT2D eigenvalue weighted by Crippen LogP contribution is -2.48. The molecule has 1 aromatic carbocycles. The number of nitrogens with one attached hydrogen (secondary N) is 1. The monoisotopic (exact) mass is 444 g/mol. The largest absolute Gasteiger partial charge is 0.412 e. The molecule has 2 heterocycles. The van der Waals surface area contributed by atoms with Crippen LogP contribution in [-0.2, 0) is 14.8 Å². The van der Waals surface area contributed by atoms with Crippen LogP contribution in [0, 0.1) is 5.92 Å². The molecule has 0 spiro atoms. The average molecular weight is 445 g/mol. The molecule has 0 unspecified atom stereocenters. The van der Waals surface area contributed by atoms with Gasteiger partial charge in [-0.25, -0.2) is 13.4 Å². The van der Waals surface area contributed by atoms with Crippen molar-refractivity contribution in [3.8, 4) is 0 Å². The van der Waals surface area contributed by atoms with Crippen molar-refractivity contribution in [2.45, 2.75) is 31.6 Å². The van der Waals surface area contributed by atoms with Crippen molar-refractivity contribution >= 4 is 38.1 Å². The minimum atomic E-state index is -3.64. The predicted molar refractivity (Wildman–Crippen MR) is 120 cm³/mol. The average Bonchev–Trinajstić information content (AvgIpc) is 3.18. The van der Waals surface area contributed by atoms with Crippen LogP contribution in [0.3, 0.4) is 0 Å². The van der Waals surface area contributed by atoms with E-state index in [1.807, 2.05) is 17.0 Å². The Balaban J connectivity index is 0.00000300. The number of piperazine rings is 1. The van der Waals surface area contributed by atoms with E-state index in [1.54, 1.807) is 23.7 Å². The van der Waals surface area contributed by atoms with Gasteiger partial charge in [-0.2, -0.15) is 0 Å². The molecule has 3 rings (SSSR count). The van der Waals surface area contributed by atoms with Gasteiger partial charge in [0, 0.05) is 52.7 Å². The van der Waals surface area contributed by atoms with Crippen molar-refractivity contribution < 1.29 is 21.5 Å². The molecule has 1 aromatic heterocycles. The molecule has 1 saturated heterocycles. The molecule has 0 atom stereocenters. The van der Waals surface area contributed by atoms with Crippen molar-refractivity contribution in [2.24, 2.45) is 5.92 Å². The van der Waals surface area contributed by atoms with Gasteiger partial charge in [-0.05, 0) is 36.6 Å². The van der Waals surface area contributed by atoms with E-state index in [0.29, 0.717) is 30.6 Å². The zero-order chi connectivity index (χ0) is 20.1. The predicted octanol–water partition coefficient (Wildman–Crippen LogP) is 2.70. The Morgan fingerprint density at radius 2 is 1.86 bits per heavy atom. The van der Waals surface area contributed by atoms with Gasteiger partial charge in [0.1, 0.15) is 0 Å². The zero-order valence-corrected chi connectivity index (χ0v) is 18.3. The number of hydrogen-bond donors (Lipinski definition) is 1. The summed E-state index contributed by atoms with van der Waals surface area (Å²) in [6, 6.07) is 6.83. The molecule has 0 bridgehead atoms. The summed E-state index contributed by atoms with van der Waals surface area (Å²) in [6.07, 6.45) is 3.08. The van der Waals surface area contributed by atoms with E-state index in [0.717, 1.165) is 25.2 Å². The Labute approximate surface area is 178 Å². The summed E-state index contributed by atoms with van der Waals surface area (Å²) in [7, 11) is -3.64. The number of carbonyl (C=O) groups is 1. The first-order valence-corrected chi connectivity index (χ1v) is 11.8. The van der Waals surface area contributed by atoms with Crippen LogP contribution in [0.2, 0.25) is 0 Å². The Hall–Kier alpha value is -2.17. The van der Waals surface area contributed by atoms with Gasteiger partial charge in [0.2, 0.25) is 5.91 Å². The van der Waals surface area contributed by atoms with E-state index >= 15 is 0 Å². The van der Waals surface area contributed by atoms with E-state index in [9.17, 15) is 13.2 Å². The molecular formula is C19H32N4O4S2. The molecular weight excluding hydrogens is 412 g/mol. The summed E-state index contributed by atoms with van der Waals surface area (Å²) in [5.41, 5.74) is 0.961. The number of benzene rings is 1. The minimum absolute atomic E-state index is 0. The Morgan fingerprint density at radius 3 is 2.41 bits per heavy atom. The van der Waals surface area contributed by atoms with Gasteiger partial charge in [0.05, 0.1) is 4.90 Å². The third kappa shape index (κ3) is 6.15. The lowest BCUT2D eigenvalue weighted by molar-refractivity contribution is -0.131. The molecule has 29 heavy (non-hydrogen) atoms. The normalized spacial score (nSPS) is 14.6. The number of anilines is 2. The van der Waals surface area contributed by atoms with Crippen LogP contribution in [0.4, 0.5) is 10.8 Å². The number of aromatic nitrogens is 1. The molecule has 1 aliphatic heterocycles. The van der Waals surface area contributed by atoms with Gasteiger partial charge in [0.15, 0.2) is 5.13 Å². The number of carbonyl (C=O) groups excluding carboxylic acids is 1. The van der Waals surface area contributed by atoms with Crippen LogP contribution in [0.1, 0.15) is 29.5 Å². The van der Waals surface area contributed by atoms with Gasteiger partial charge in [-0.15, -0.1) is 11.3 Å². The van der Waals surface area contributed by atoms with Gasteiger partial charge < -0.3 is 15.3 Å². The highest BCUT2D eigenvalue weighted by molar-refractivity contribution is 7.93. The number of nitrogens with zero attached hydrogens (tertiary/aromatic N) is 3. The summed E-state index contributed by atoms with van der Waals surface area (Å²) < 4.78 is 27.3. The number of sulfonamides is 1. The zero-order valence-electron chi connectivity index (χ0n) is 16.7. The second-order valence-corrected chi connectivity index (χ2v) is 9.81. The van der Waals surface area contributed by atoms with E-state index in [1.165, 1.54) is 11.3 Å². The van der Waals surface area contributed by atoms with E-state index in [2.05, 4.69) is 28.5 Å². The maximum absolute atomic E-state index is 12.4. The van der Waals surface area contributed by atoms with E-state index in [-0.39, 0.29) is 19.1 Å². The summed E-state index contributed by atoms with van der Waals surface area (Å²) in [6.45, 7) is 7.14. The maximum Gasteiger partial charge on any atom is 0.263 e. The number of thiazole rings is 1. The summed E-state index contributed by atoms with van der Waals surface area (Å²) in [5, 5.41) is 2.07. The first-order chi connectivity index (χ1) is 13.3. The van der Waals surface area contributed by atoms with Gasteiger partial charge in [-0.1, -0.05) is 13.8 Å². The second kappa shape index (κ2) is 10.0. The summed E-state index contributed by atoms with van der Waals surface area (Å²) in [4.78, 5) is 20.5. The molecule has 1 aliphatic rings. The molecule has 0 aliphatic carbocycles. The molecule has 10 heteroatoms. The Bertz CT molecular complexity index is 886. The fourth-order valence-corrected chi connectivity index (χ4v) is 4.86. The Morgan fingerprint density at radius 1 is 1.21 bits per heavy atom. The molecule has 3 N–H and O–H groups in total. The van der Waals surface area contributed by atoms with Crippen molar-refractivity contribution in [1.82, 2.24) is 9.88 Å². The van der Waals surface area contributed by atoms with Crippen LogP contribution < -0.4 is 9.62 Å². The molecule has 1 amide bonds. The fourth-order valence-electron chi connectivity index (χ4n) is 3.07. The van der Waals surface area contributed by atoms with Crippen LogP contribution in [0.15, 0.2) is 40.7 Å². The number of amides is 1. The highest BCUT2D eigenvalue weighted by Crippen LogP contribution is 2.22. The van der Waals surface area contributed by atoms with E-state index < -0.39 is 10.0 Å². The molecule has 164 valence electrons. The smallest absolute Gasteiger partial charge is 0.263 e. The SMILES string of the molecule is CC(C)CCC(=O)N1CCN(c2ccc(S(=O)(=O)Nc3nccs3)cc2)CC1.O.[HH].[HH]. The quantitative estimate of drug-likeness (QED) is 0.705. The van der Waals surface area contributed by atoms with Crippen LogP contribution in [0.25, 0.3) is 0 Å². The van der Waals surface area contributed by atoms with Crippen molar-refractivity contribution in [2.75, 3.05) is 35.8 Å². The first kappa shape index (κ1) is 23.1. The lowest BCUT2D eigenvalue weighted by Gasteiger charge is -2.36. The van der Waals surface area contributed by atoms with Crippen LogP contribution in [0.5, 0.6) is 0 Å². The van der Waals surface area contributed by atoms with Gasteiger partial charge in [-0.3, -0.25) is 9.52 Å². The second-order valence-electron chi connectivity index (χ2n) is 7.24. The van der Waals surface area contributed by atoms with Crippen molar-refractivity contribution in [3.05, 3.63) is 35.8 Å². The highest BCUT2D eigenvalue weighted by atomic mass is 32.2. The maximum atomic E-state index is 12.4. The fraction of sp³-hybridized carbons (Fsp3) is 0.474. The topological polar surface area (TPSA) is 114 Å². The molecule has 8 nitrogen and oxygen atoms in total. The first-order valence-electron chi connectivity index (χ1n) is 9.40. The summed E-state index contributed by atoms with van der Waals surface area (Å²) >= 11 is 1.24.